The molecule has 1 heterocycles. The molecule has 0 fully saturated rings. The van der Waals surface area contributed by atoms with E-state index in [9.17, 15) is 14.7 Å². The molecule has 134 valence electrons. The van der Waals surface area contributed by atoms with E-state index in [0.29, 0.717) is 22.4 Å². The Labute approximate surface area is 159 Å². The van der Waals surface area contributed by atoms with Crippen LogP contribution in [0.3, 0.4) is 0 Å². The third-order valence-electron chi connectivity index (χ3n) is 4.41. The van der Waals surface area contributed by atoms with Gasteiger partial charge in [0.25, 0.3) is 11.5 Å². The molecule has 0 saturated carbocycles. The number of pyridine rings is 1. The minimum atomic E-state index is -3.22. The van der Waals surface area contributed by atoms with E-state index in [-0.39, 0.29) is 11.1 Å². The fourth-order valence-corrected chi connectivity index (χ4v) is 3.05. The highest BCUT2D eigenvalue weighted by molar-refractivity contribution is 6.10. The normalized spacial score (nSPS) is 14.8. The number of rotatable bonds is 4. The number of hydrogen-bond acceptors (Lipinski definition) is 3. The minimum absolute atomic E-state index is 0.0565. The number of aromatic nitrogens is 1. The van der Waals surface area contributed by atoms with Gasteiger partial charge in [-0.3, -0.25) is 9.59 Å². The van der Waals surface area contributed by atoms with Crippen molar-refractivity contribution in [1.82, 2.24) is 4.57 Å². The van der Waals surface area contributed by atoms with Gasteiger partial charge in [-0.05, 0) is 37.0 Å². The number of anilines is 1. The summed E-state index contributed by atoms with van der Waals surface area (Å²) >= 11 is 0. The van der Waals surface area contributed by atoms with Crippen LogP contribution in [0.15, 0.2) is 53.3 Å². The molecule has 3 aromatic rings. The number of nitrogens with zero attached hydrogens (tertiary/aromatic N) is 2. The molecule has 0 aliphatic rings. The Bertz CT molecular complexity index is 1200. The fraction of sp³-hybridized carbons (Fsp3) is 0.238. The number of fused-ring (bicyclic) bond motifs is 1. The number of benzene rings is 2. The molecule has 0 aliphatic carbocycles. The van der Waals surface area contributed by atoms with Crippen LogP contribution in [0.5, 0.6) is 5.75 Å². The van der Waals surface area contributed by atoms with Gasteiger partial charge in [0.05, 0.1) is 5.52 Å². The first kappa shape index (κ1) is 12.3. The fourth-order valence-electron chi connectivity index (χ4n) is 3.05. The molecule has 1 amide bonds. The average molecular weight is 355 g/mol. The summed E-state index contributed by atoms with van der Waals surface area (Å²) in [5.41, 5.74) is -0.509. The second kappa shape index (κ2) is 7.04. The summed E-state index contributed by atoms with van der Waals surface area (Å²) in [6.45, 7) is -4.52. The molecule has 0 bridgehead atoms. The van der Waals surface area contributed by atoms with Crippen LogP contribution in [0, 0.1) is 0 Å². The Balaban J connectivity index is 2.37. The van der Waals surface area contributed by atoms with Crippen molar-refractivity contribution in [2.75, 3.05) is 11.4 Å². The minimum Gasteiger partial charge on any atom is -0.506 e. The van der Waals surface area contributed by atoms with Gasteiger partial charge in [0.2, 0.25) is 0 Å². The molecule has 0 aliphatic heterocycles. The zero-order valence-electron chi connectivity index (χ0n) is 19.5. The number of aromatic hydroxyl groups is 1. The first-order valence-electron chi connectivity index (χ1n) is 10.7. The van der Waals surface area contributed by atoms with Crippen molar-refractivity contribution >= 4 is 22.5 Å². The van der Waals surface area contributed by atoms with E-state index in [1.165, 1.54) is 35.9 Å². The third-order valence-corrected chi connectivity index (χ3v) is 4.41. The van der Waals surface area contributed by atoms with Crippen LogP contribution in [0.25, 0.3) is 10.9 Å². The Morgan fingerprint density at radius 2 is 1.96 bits per heavy atom. The molecule has 0 saturated heterocycles. The maximum Gasteiger partial charge on any atom is 0.267 e. The number of hydrogen-bond donors (Lipinski definition) is 1. The lowest BCUT2D eigenvalue weighted by molar-refractivity contribution is 0.0984. The van der Waals surface area contributed by atoms with Crippen LogP contribution >= 0.6 is 0 Å². The Kier molecular flexibility index (Phi) is 3.33. The predicted molar refractivity (Wildman–Crippen MR) is 104 cm³/mol. The van der Waals surface area contributed by atoms with E-state index < -0.39 is 36.1 Å². The van der Waals surface area contributed by atoms with Gasteiger partial charge in [0, 0.05) is 31.5 Å². The summed E-state index contributed by atoms with van der Waals surface area (Å²) < 4.78 is 40.5. The maximum atomic E-state index is 13.5. The van der Waals surface area contributed by atoms with Gasteiger partial charge in [0.15, 0.2) is 0 Å². The van der Waals surface area contributed by atoms with E-state index in [2.05, 4.69) is 0 Å². The van der Waals surface area contributed by atoms with Crippen molar-refractivity contribution in [2.24, 2.45) is 7.05 Å². The molecule has 0 spiro atoms. The molecular formula is C21H22N2O3. The zero-order valence-corrected chi connectivity index (χ0v) is 14.5. The van der Waals surface area contributed by atoms with Crippen molar-refractivity contribution in [3.63, 3.8) is 0 Å². The second-order valence-electron chi connectivity index (χ2n) is 5.84. The summed E-state index contributed by atoms with van der Waals surface area (Å²) in [6, 6.07) is 12.5. The number of para-hydroxylation sites is 1. The van der Waals surface area contributed by atoms with Crippen molar-refractivity contribution < 1.29 is 16.8 Å². The van der Waals surface area contributed by atoms with Gasteiger partial charge >= 0.3 is 0 Å². The molecular weight excluding hydrogens is 328 g/mol. The van der Waals surface area contributed by atoms with Crippen LogP contribution in [0.1, 0.15) is 36.6 Å². The Morgan fingerprint density at radius 1 is 1.23 bits per heavy atom. The van der Waals surface area contributed by atoms with Crippen molar-refractivity contribution in [2.45, 2.75) is 20.2 Å². The monoisotopic (exact) mass is 355 g/mol. The van der Waals surface area contributed by atoms with Crippen molar-refractivity contribution in [3.8, 4) is 5.75 Å². The molecule has 2 aromatic carbocycles. The van der Waals surface area contributed by atoms with Gasteiger partial charge < -0.3 is 14.6 Å². The van der Waals surface area contributed by atoms with Crippen molar-refractivity contribution in [3.05, 3.63) is 70.0 Å². The SMILES string of the molecule is [2H]C([2H])([2H])C([2H])([2H])N(C(=O)c1c(O)c2c(CC)cccc2n(C)c1=O)c1ccccc1. The summed E-state index contributed by atoms with van der Waals surface area (Å²) in [5, 5.41) is 11.3. The van der Waals surface area contributed by atoms with Crippen molar-refractivity contribution in [1.29, 1.82) is 0 Å². The van der Waals surface area contributed by atoms with Crippen LogP contribution < -0.4 is 10.5 Å². The zero-order chi connectivity index (χ0) is 23.1. The summed E-state index contributed by atoms with van der Waals surface area (Å²) in [7, 11) is 1.44. The number of amides is 1. The van der Waals surface area contributed by atoms with Gasteiger partial charge in [-0.25, -0.2) is 0 Å². The van der Waals surface area contributed by atoms with E-state index >= 15 is 0 Å². The smallest absolute Gasteiger partial charge is 0.267 e. The number of carbonyl (C=O) groups is 1. The highest BCUT2D eigenvalue weighted by atomic mass is 16.3. The van der Waals surface area contributed by atoms with Crippen LogP contribution in [0.2, 0.25) is 0 Å². The van der Waals surface area contributed by atoms with Gasteiger partial charge in [-0.2, -0.15) is 0 Å². The topological polar surface area (TPSA) is 62.5 Å². The van der Waals surface area contributed by atoms with Crippen LogP contribution in [-0.2, 0) is 13.5 Å². The number of carbonyl (C=O) groups excluding carboxylic acids is 1. The summed E-state index contributed by atoms with van der Waals surface area (Å²) in [4.78, 5) is 27.0. The lowest BCUT2D eigenvalue weighted by atomic mass is 10.0. The molecule has 0 radical (unpaired) electrons. The highest BCUT2D eigenvalue weighted by Gasteiger charge is 2.26. The van der Waals surface area contributed by atoms with Gasteiger partial charge in [-0.1, -0.05) is 37.3 Å². The molecule has 5 heteroatoms. The molecule has 1 aromatic heterocycles. The van der Waals surface area contributed by atoms with Crippen LogP contribution in [-0.4, -0.2) is 22.1 Å². The first-order valence-corrected chi connectivity index (χ1v) is 8.16. The largest absolute Gasteiger partial charge is 0.506 e. The highest BCUT2D eigenvalue weighted by Crippen LogP contribution is 2.31. The molecule has 1 N–H and O–H groups in total. The van der Waals surface area contributed by atoms with Gasteiger partial charge in [-0.15, -0.1) is 0 Å². The molecule has 26 heavy (non-hydrogen) atoms. The van der Waals surface area contributed by atoms with E-state index in [4.69, 9.17) is 6.85 Å². The lowest BCUT2D eigenvalue weighted by Crippen LogP contribution is -2.36. The Morgan fingerprint density at radius 3 is 2.62 bits per heavy atom. The first-order chi connectivity index (χ1) is 14.4. The average Bonchev–Trinajstić information content (AvgIpc) is 2.71. The van der Waals surface area contributed by atoms with Crippen LogP contribution in [0.4, 0.5) is 5.69 Å². The molecule has 0 atom stereocenters. The maximum absolute atomic E-state index is 13.5. The summed E-state index contributed by atoms with van der Waals surface area (Å²) in [6.07, 6.45) is 0.509. The third kappa shape index (κ3) is 2.75. The van der Waals surface area contributed by atoms with E-state index in [0.717, 1.165) is 0 Å². The standard InChI is InChI=1S/C21H22N2O3/c1-4-14-10-9-13-16-17(14)19(24)18(20(25)22(16)3)21(26)23(5-2)15-11-7-6-8-12-15/h6-13,24H,4-5H2,1-3H3/i2D3,5D2. The Hall–Kier alpha value is -3.08. The lowest BCUT2D eigenvalue weighted by Gasteiger charge is -2.22. The molecule has 3 rings (SSSR count). The summed E-state index contributed by atoms with van der Waals surface area (Å²) in [5.74, 6) is -1.83. The molecule has 0 unspecified atom stereocenters. The number of aryl methyl sites for hydroxylation is 2. The second-order valence-corrected chi connectivity index (χ2v) is 5.84. The quantitative estimate of drug-likeness (QED) is 0.779. The van der Waals surface area contributed by atoms with Gasteiger partial charge in [0.1, 0.15) is 11.3 Å². The predicted octanol–water partition coefficient (Wildman–Crippen LogP) is 3.47. The van der Waals surface area contributed by atoms with E-state index in [1.807, 2.05) is 6.92 Å². The molecule has 5 nitrogen and oxygen atoms in total. The van der Waals surface area contributed by atoms with E-state index in [1.54, 1.807) is 24.3 Å².